The van der Waals surface area contributed by atoms with Crippen LogP contribution in [0.2, 0.25) is 0 Å². The minimum Gasteiger partial charge on any atom is -0.482 e. The second kappa shape index (κ2) is 36.0. The van der Waals surface area contributed by atoms with E-state index in [1.54, 1.807) is 67.8 Å². The van der Waals surface area contributed by atoms with Gasteiger partial charge in [-0.15, -0.1) is 0 Å². The molecule has 3 fully saturated rings. The molecule has 3 saturated heterocycles. The van der Waals surface area contributed by atoms with Crippen molar-refractivity contribution in [3.8, 4) is 17.2 Å². The number of likely N-dealkylation sites (tertiary alicyclic amines) is 2. The lowest BCUT2D eigenvalue weighted by Gasteiger charge is -2.47. The maximum atomic E-state index is 12.9. The smallest absolute Gasteiger partial charge is 0.482 e. The highest BCUT2D eigenvalue weighted by Gasteiger charge is 2.52. The number of nitrogens with one attached hydrogen (secondary N) is 1. The van der Waals surface area contributed by atoms with Gasteiger partial charge in [-0.05, 0) is 190 Å². The number of fused-ring (bicyclic) bond motifs is 3. The maximum absolute atomic E-state index is 12.9. The van der Waals surface area contributed by atoms with Crippen LogP contribution < -0.4 is 25.0 Å². The quantitative estimate of drug-likeness (QED) is 0.0521. The molecule has 6 heterocycles. The third-order valence-electron chi connectivity index (χ3n) is 21.0. The van der Waals surface area contributed by atoms with Crippen molar-refractivity contribution in [1.29, 1.82) is 0 Å². The highest BCUT2D eigenvalue weighted by atomic mass is 32.2. The number of hydrogen-bond acceptors (Lipinski definition) is 16. The van der Waals surface area contributed by atoms with Crippen molar-refractivity contribution in [3.05, 3.63) is 208 Å². The lowest BCUT2D eigenvalue weighted by atomic mass is 9.77. The zero-order chi connectivity index (χ0) is 81.9. The van der Waals surface area contributed by atoms with Crippen molar-refractivity contribution in [2.24, 2.45) is 17.8 Å². The summed E-state index contributed by atoms with van der Waals surface area (Å²) in [6, 6.07) is 44.7. The number of benzene rings is 6. The number of amides is 5. The molecule has 26 heteroatoms. The van der Waals surface area contributed by atoms with E-state index >= 15 is 0 Å². The van der Waals surface area contributed by atoms with E-state index in [-0.39, 0.29) is 66.2 Å². The molecule has 6 aromatic carbocycles. The highest BCUT2D eigenvalue weighted by molar-refractivity contribution is 7.87. The van der Waals surface area contributed by atoms with Gasteiger partial charge in [-0.3, -0.25) is 14.4 Å². The van der Waals surface area contributed by atoms with Gasteiger partial charge in [-0.25, -0.2) is 9.59 Å². The summed E-state index contributed by atoms with van der Waals surface area (Å²) in [7, 11) is -7.35. The first-order valence-electron chi connectivity index (χ1n) is 38.6. The van der Waals surface area contributed by atoms with Crippen molar-refractivity contribution >= 4 is 69.5 Å². The van der Waals surface area contributed by atoms with Crippen LogP contribution in [0, 0.1) is 17.8 Å². The predicted octanol–water partition coefficient (Wildman–Crippen LogP) is 14.5. The monoisotopic (exact) mass is 1560 g/mol. The van der Waals surface area contributed by atoms with E-state index in [0.29, 0.717) is 68.2 Å². The molecule has 0 saturated carbocycles. The number of carbonyl (C=O) groups excluding carboxylic acids is 5. The summed E-state index contributed by atoms with van der Waals surface area (Å²) >= 11 is 0. The Kier molecular flexibility index (Phi) is 27.8. The number of halogens is 3. The lowest BCUT2D eigenvalue weighted by molar-refractivity contribution is -0.0515. The van der Waals surface area contributed by atoms with E-state index in [0.717, 1.165) is 77.5 Å². The Morgan fingerprint density at radius 3 is 1.18 bits per heavy atom. The molecule has 3 spiro atoms. The van der Waals surface area contributed by atoms with Crippen molar-refractivity contribution < 1.29 is 83.5 Å². The van der Waals surface area contributed by atoms with E-state index in [1.165, 1.54) is 34.7 Å². The van der Waals surface area contributed by atoms with Crippen molar-refractivity contribution in [2.45, 2.75) is 157 Å². The van der Waals surface area contributed by atoms with Gasteiger partial charge in [0.15, 0.2) is 5.76 Å². The molecule has 6 unspecified atom stereocenters. The molecule has 112 heavy (non-hydrogen) atoms. The molecule has 12 rings (SSSR count). The Hall–Kier alpha value is -9.63. The Balaban J connectivity index is 0.000000177. The summed E-state index contributed by atoms with van der Waals surface area (Å²) in [6.07, 6.45) is 6.86. The van der Waals surface area contributed by atoms with Crippen LogP contribution in [0.25, 0.3) is 16.9 Å². The Bertz CT molecular complexity index is 4510. The molecule has 3 N–H and O–H groups in total. The SMILES string of the molecule is CC1CN(C(=O)OC(C)(C)C)CCC12C=C(OS(=O)(=O)C(F)(F)F)c1ccccc1O2.CCN(CC)C(=O)c1ccc(B(O)O)cc1.CCN(CC)C(=O)c1ccc(C2=CC3(CCN(C(=O)OC(C)(C)C)CC3C)Oc3ccccc32)cc1.CCN(CC)C(=O)c1ccc(C2=CC3(CCNCC3C)Oc3ccccc32)cc1. The van der Waals surface area contributed by atoms with Gasteiger partial charge < -0.3 is 67.7 Å². The van der Waals surface area contributed by atoms with Crippen LogP contribution >= 0.6 is 0 Å². The first kappa shape index (κ1) is 86.4. The molecule has 6 aromatic rings. The second-order valence-electron chi connectivity index (χ2n) is 30.9. The average molecular weight is 1570 g/mol. The zero-order valence-electron chi connectivity index (χ0n) is 67.0. The molecular formula is C86H108BF3N6O15S. The van der Waals surface area contributed by atoms with E-state index in [2.05, 4.69) is 71.9 Å². The first-order chi connectivity index (χ1) is 52.9. The van der Waals surface area contributed by atoms with Gasteiger partial charge in [0.2, 0.25) is 0 Å². The van der Waals surface area contributed by atoms with Gasteiger partial charge >= 0.3 is 34.9 Å². The summed E-state index contributed by atoms with van der Waals surface area (Å²) in [5.41, 5.74) is 0.353. The molecule has 0 aromatic heterocycles. The van der Waals surface area contributed by atoms with Gasteiger partial charge in [0.25, 0.3) is 17.7 Å². The van der Waals surface area contributed by atoms with Crippen molar-refractivity contribution in [2.75, 3.05) is 78.5 Å². The van der Waals surface area contributed by atoms with E-state index in [4.69, 9.17) is 33.7 Å². The number of ether oxygens (including phenoxy) is 5. The zero-order valence-corrected chi connectivity index (χ0v) is 67.8. The molecule has 602 valence electrons. The molecule has 6 aliphatic heterocycles. The van der Waals surface area contributed by atoms with Crippen LogP contribution in [-0.2, 0) is 23.8 Å². The molecule has 21 nitrogen and oxygen atoms in total. The largest absolute Gasteiger partial charge is 0.534 e. The lowest BCUT2D eigenvalue weighted by Crippen LogP contribution is -2.56. The molecule has 6 atom stereocenters. The van der Waals surface area contributed by atoms with Crippen LogP contribution in [0.4, 0.5) is 22.8 Å². The van der Waals surface area contributed by atoms with Crippen LogP contribution in [0.15, 0.2) is 164 Å². The normalized spacial score (nSPS) is 21.0. The van der Waals surface area contributed by atoms with E-state index in [9.17, 15) is 45.6 Å². The Morgan fingerprint density at radius 1 is 0.500 bits per heavy atom. The standard InChI is InChI=1S/C30H38N2O4.C25H30N2O2.C20H24F3NO6S.C11H16BNO3/c1-7-31(8-2)27(33)23-15-13-22(14-16-23)25-19-30(35-26-12-10-9-11-24(25)26)17-18-32(20-21(30)3)28(34)36-29(4,5)6;1-4-27(5-2)24(28)20-12-10-19(11-13-20)22-16-25(14-15-26-17-18(25)3)29-23-9-7-6-8-21(22)23;1-13-12-24(17(25)29-18(2,3)4)10-9-19(13)11-16(30-31(26,27)20(21,22)23)14-7-5-6-8-15(14)28-19;1-3-13(4-2)11(14)9-5-7-10(8-6-9)12(15)16/h9-16,19,21H,7-8,17-18,20H2,1-6H3;6-13,16,18,26H,4-5,14-15,17H2,1-3H3;5-8,11,13H,9-10,12H2,1-4H3;5-8,15-16H,3-4H2,1-2H3. The van der Waals surface area contributed by atoms with E-state index in [1.807, 2.05) is 133 Å². The van der Waals surface area contributed by atoms with Crippen LogP contribution in [0.5, 0.6) is 17.2 Å². The molecular weight excluding hydrogens is 1460 g/mol. The van der Waals surface area contributed by atoms with Crippen molar-refractivity contribution in [3.63, 3.8) is 0 Å². The van der Waals surface area contributed by atoms with E-state index < -0.39 is 62.9 Å². The van der Waals surface area contributed by atoms with Gasteiger partial charge in [-0.2, -0.15) is 21.6 Å². The number of alkyl halides is 3. The van der Waals surface area contributed by atoms with Gasteiger partial charge in [0.1, 0.15) is 45.3 Å². The fourth-order valence-electron chi connectivity index (χ4n) is 14.5. The fourth-order valence-corrected chi connectivity index (χ4v) is 15.0. The number of para-hydroxylation sites is 3. The predicted molar refractivity (Wildman–Crippen MR) is 428 cm³/mol. The fraction of sp³-hybridized carbons (Fsp3) is 0.453. The minimum absolute atomic E-state index is 0.0380. The number of carbonyl (C=O) groups is 5. The summed E-state index contributed by atoms with van der Waals surface area (Å²) in [5, 5.41) is 21.3. The molecule has 0 bridgehead atoms. The van der Waals surface area contributed by atoms with Gasteiger partial charge in [0.05, 0.1) is 5.56 Å². The molecule has 0 radical (unpaired) electrons. The van der Waals surface area contributed by atoms with Gasteiger partial charge in [-0.1, -0.05) is 106 Å². The highest BCUT2D eigenvalue weighted by Crippen LogP contribution is 2.49. The maximum Gasteiger partial charge on any atom is 0.534 e. The summed E-state index contributed by atoms with van der Waals surface area (Å²) in [5.74, 6) is 1.69. The number of nitrogens with zero attached hydrogens (tertiary/aromatic N) is 5. The Labute approximate surface area is 658 Å². The average Bonchev–Trinajstić information content (AvgIpc) is 0.755. The number of rotatable bonds is 14. The molecule has 5 amide bonds. The topological polar surface area (TPSA) is 244 Å². The molecule has 6 aliphatic rings. The summed E-state index contributed by atoms with van der Waals surface area (Å²) < 4.78 is 96.9. The summed E-state index contributed by atoms with van der Waals surface area (Å²) in [4.78, 5) is 71.1. The van der Waals surface area contributed by atoms with Gasteiger partial charge in [0, 0.05) is 143 Å². The third-order valence-corrected chi connectivity index (χ3v) is 22.0. The number of piperidine rings is 3. The van der Waals surface area contributed by atoms with Crippen LogP contribution in [0.1, 0.15) is 182 Å². The second-order valence-corrected chi connectivity index (χ2v) is 32.4. The van der Waals surface area contributed by atoms with Crippen molar-refractivity contribution in [1.82, 2.24) is 29.8 Å². The number of hydrogen-bond donors (Lipinski definition) is 3. The third kappa shape index (κ3) is 20.2. The van der Waals surface area contributed by atoms with Crippen LogP contribution in [-0.4, -0.2) is 192 Å². The molecule has 0 aliphatic carbocycles. The van der Waals surface area contributed by atoms with Crippen LogP contribution in [0.3, 0.4) is 0 Å². The minimum atomic E-state index is -5.87. The Morgan fingerprint density at radius 2 is 0.839 bits per heavy atom. The first-order valence-corrected chi connectivity index (χ1v) is 40.0. The summed E-state index contributed by atoms with van der Waals surface area (Å²) in [6.45, 7) is 36.5.